The molecule has 1 nitrogen and oxygen atoms in total. The molecule has 1 aromatic carbocycles. The number of hydrogen-bond donors (Lipinski definition) is 0. The van der Waals surface area contributed by atoms with Gasteiger partial charge < -0.3 is 5.32 Å². The maximum Gasteiger partial charge on any atom is 0.416 e. The standard InChI is InChI=1S/C11H10ClF3N/c12-10-4-1-8(11(13,14)15)5-7(10)6-16-9-2-3-9/h1,4-5,9H,2-3,6H2/q-1. The molecule has 0 bridgehead atoms. The lowest BCUT2D eigenvalue weighted by Gasteiger charge is -2.19. The predicted octanol–water partition coefficient (Wildman–Crippen LogP) is 4.39. The second kappa shape index (κ2) is 4.26. The van der Waals surface area contributed by atoms with Crippen LogP contribution in [-0.4, -0.2) is 6.04 Å². The average molecular weight is 249 g/mol. The SMILES string of the molecule is FC(F)(F)c1ccc(Cl)c(C[N-]C2CC2)c1. The fourth-order valence-electron chi connectivity index (χ4n) is 1.36. The molecule has 0 N–H and O–H groups in total. The van der Waals surface area contributed by atoms with E-state index in [0.717, 1.165) is 25.0 Å². The molecule has 5 heteroatoms. The van der Waals surface area contributed by atoms with Gasteiger partial charge in [-0.15, -0.1) is 12.6 Å². The van der Waals surface area contributed by atoms with Crippen molar-refractivity contribution < 1.29 is 13.2 Å². The molecule has 0 spiro atoms. The van der Waals surface area contributed by atoms with Crippen LogP contribution >= 0.6 is 11.6 Å². The highest BCUT2D eigenvalue weighted by atomic mass is 35.5. The van der Waals surface area contributed by atoms with Crippen molar-refractivity contribution in [2.24, 2.45) is 0 Å². The highest BCUT2D eigenvalue weighted by molar-refractivity contribution is 6.31. The molecule has 16 heavy (non-hydrogen) atoms. The van der Waals surface area contributed by atoms with Gasteiger partial charge in [-0.25, -0.2) is 0 Å². The Hall–Kier alpha value is -0.740. The Balaban J connectivity index is 2.14. The number of halogens is 4. The molecule has 1 aromatic rings. The second-order valence-corrected chi connectivity index (χ2v) is 4.28. The predicted molar refractivity (Wildman–Crippen MR) is 56.5 cm³/mol. The highest BCUT2D eigenvalue weighted by Crippen LogP contribution is 2.34. The maximum atomic E-state index is 12.4. The van der Waals surface area contributed by atoms with Crippen LogP contribution in [0.2, 0.25) is 5.02 Å². The van der Waals surface area contributed by atoms with E-state index in [2.05, 4.69) is 5.32 Å². The van der Waals surface area contributed by atoms with E-state index in [1.807, 2.05) is 0 Å². The molecule has 88 valence electrons. The molecule has 0 saturated heterocycles. The smallest absolute Gasteiger partial charge is 0.416 e. The minimum Gasteiger partial charge on any atom is -0.656 e. The Bertz CT molecular complexity index is 385. The number of nitrogens with zero attached hydrogens (tertiary/aromatic N) is 1. The van der Waals surface area contributed by atoms with E-state index in [4.69, 9.17) is 11.6 Å². The highest BCUT2D eigenvalue weighted by Gasteiger charge is 2.30. The first-order chi connectivity index (χ1) is 7.47. The summed E-state index contributed by atoms with van der Waals surface area (Å²) in [5.74, 6) is 0. The van der Waals surface area contributed by atoms with Crippen LogP contribution in [-0.2, 0) is 12.7 Å². The molecule has 0 amide bonds. The van der Waals surface area contributed by atoms with Gasteiger partial charge in [-0.2, -0.15) is 13.2 Å². The van der Waals surface area contributed by atoms with E-state index in [9.17, 15) is 13.2 Å². The average Bonchev–Trinajstić information content (AvgIpc) is 2.98. The molecule has 1 fully saturated rings. The number of hydrogen-bond acceptors (Lipinski definition) is 0. The van der Waals surface area contributed by atoms with Gasteiger partial charge in [0.05, 0.1) is 5.56 Å². The molecular formula is C11H10ClF3N-. The lowest BCUT2D eigenvalue weighted by atomic mass is 10.1. The lowest BCUT2D eigenvalue weighted by molar-refractivity contribution is -0.137. The summed E-state index contributed by atoms with van der Waals surface area (Å²) in [5.41, 5.74) is -0.221. The van der Waals surface area contributed by atoms with E-state index in [0.29, 0.717) is 16.6 Å². The second-order valence-electron chi connectivity index (χ2n) is 3.88. The van der Waals surface area contributed by atoms with Gasteiger partial charge in [0.25, 0.3) is 0 Å². The Morgan fingerprint density at radius 2 is 2.00 bits per heavy atom. The summed E-state index contributed by atoms with van der Waals surface area (Å²) in [5, 5.41) is 4.58. The van der Waals surface area contributed by atoms with Crippen LogP contribution < -0.4 is 0 Å². The molecule has 0 unspecified atom stereocenters. The van der Waals surface area contributed by atoms with Gasteiger partial charge in [-0.05, 0) is 23.8 Å². The van der Waals surface area contributed by atoms with Crippen molar-refractivity contribution in [3.63, 3.8) is 0 Å². The minimum absolute atomic E-state index is 0.271. The summed E-state index contributed by atoms with van der Waals surface area (Å²) in [6, 6.07) is 3.67. The van der Waals surface area contributed by atoms with Crippen LogP contribution in [0.4, 0.5) is 13.2 Å². The lowest BCUT2D eigenvalue weighted by Crippen LogP contribution is -2.05. The van der Waals surface area contributed by atoms with E-state index >= 15 is 0 Å². The van der Waals surface area contributed by atoms with Crippen LogP contribution in [0.3, 0.4) is 0 Å². The van der Waals surface area contributed by atoms with Crippen molar-refractivity contribution >= 4 is 11.6 Å². The molecule has 0 aliphatic heterocycles. The van der Waals surface area contributed by atoms with E-state index in [-0.39, 0.29) is 6.54 Å². The van der Waals surface area contributed by atoms with E-state index in [1.54, 1.807) is 0 Å². The van der Waals surface area contributed by atoms with Gasteiger partial charge in [0.1, 0.15) is 0 Å². The molecule has 0 atom stereocenters. The van der Waals surface area contributed by atoms with Crippen LogP contribution in [0.25, 0.3) is 5.32 Å². The van der Waals surface area contributed by atoms with Crippen molar-refractivity contribution in [1.82, 2.24) is 0 Å². The summed E-state index contributed by atoms with van der Waals surface area (Å²) >= 11 is 5.82. The van der Waals surface area contributed by atoms with Crippen molar-refractivity contribution in [2.45, 2.75) is 31.6 Å². The summed E-state index contributed by atoms with van der Waals surface area (Å²) in [6.07, 6.45) is -2.24. The Morgan fingerprint density at radius 3 is 2.56 bits per heavy atom. The van der Waals surface area contributed by atoms with Crippen molar-refractivity contribution in [2.75, 3.05) is 0 Å². The third kappa shape index (κ3) is 2.89. The first-order valence-corrected chi connectivity index (χ1v) is 5.37. The van der Waals surface area contributed by atoms with Gasteiger partial charge in [0.2, 0.25) is 0 Å². The molecule has 1 saturated carbocycles. The molecule has 2 rings (SSSR count). The maximum absolute atomic E-state index is 12.4. The van der Waals surface area contributed by atoms with Crippen molar-refractivity contribution in [3.8, 4) is 0 Å². The van der Waals surface area contributed by atoms with Crippen LogP contribution in [0, 0.1) is 0 Å². The summed E-state index contributed by atoms with van der Waals surface area (Å²) in [4.78, 5) is 0. The number of rotatable bonds is 3. The van der Waals surface area contributed by atoms with Gasteiger partial charge >= 0.3 is 6.18 Å². The molecule has 1 aliphatic rings. The van der Waals surface area contributed by atoms with Crippen LogP contribution in [0.5, 0.6) is 0 Å². The monoisotopic (exact) mass is 248 g/mol. The normalized spacial score (nSPS) is 16.5. The molecule has 0 radical (unpaired) electrons. The number of alkyl halides is 3. The summed E-state index contributed by atoms with van der Waals surface area (Å²) in [6.45, 7) is 0.271. The first kappa shape index (κ1) is 11.7. The van der Waals surface area contributed by atoms with Gasteiger partial charge in [-0.3, -0.25) is 0 Å². The van der Waals surface area contributed by atoms with Gasteiger partial charge in [0, 0.05) is 5.02 Å². The first-order valence-electron chi connectivity index (χ1n) is 4.99. The fraction of sp³-hybridized carbons (Fsp3) is 0.455. The Morgan fingerprint density at radius 1 is 1.31 bits per heavy atom. The zero-order valence-corrected chi connectivity index (χ0v) is 9.15. The van der Waals surface area contributed by atoms with Crippen molar-refractivity contribution in [1.29, 1.82) is 0 Å². The summed E-state index contributed by atoms with van der Waals surface area (Å²) in [7, 11) is 0. The third-order valence-corrected chi connectivity index (χ3v) is 2.81. The molecule has 0 aromatic heterocycles. The largest absolute Gasteiger partial charge is 0.656 e. The number of benzene rings is 1. The zero-order chi connectivity index (χ0) is 11.8. The van der Waals surface area contributed by atoms with Crippen LogP contribution in [0.1, 0.15) is 24.0 Å². The zero-order valence-electron chi connectivity index (χ0n) is 8.39. The van der Waals surface area contributed by atoms with E-state index in [1.165, 1.54) is 6.07 Å². The van der Waals surface area contributed by atoms with Crippen LogP contribution in [0.15, 0.2) is 18.2 Å². The Labute approximate surface area is 96.6 Å². The minimum atomic E-state index is -4.32. The van der Waals surface area contributed by atoms with E-state index < -0.39 is 11.7 Å². The van der Waals surface area contributed by atoms with Crippen molar-refractivity contribution in [3.05, 3.63) is 39.7 Å². The molecular weight excluding hydrogens is 239 g/mol. The van der Waals surface area contributed by atoms with Gasteiger partial charge in [-0.1, -0.05) is 24.4 Å². The topological polar surface area (TPSA) is 14.1 Å². The molecule has 1 aliphatic carbocycles. The quantitative estimate of drug-likeness (QED) is 0.753. The molecule has 0 heterocycles. The fourth-order valence-corrected chi connectivity index (χ4v) is 1.53. The van der Waals surface area contributed by atoms with Gasteiger partial charge in [0.15, 0.2) is 0 Å². The summed E-state index contributed by atoms with van der Waals surface area (Å²) < 4.78 is 37.3. The third-order valence-electron chi connectivity index (χ3n) is 2.44. The Kier molecular flexibility index (Phi) is 3.13.